The molecule has 24 heavy (non-hydrogen) atoms. The number of carbonyl (C=O) groups excluding carboxylic acids is 1. The van der Waals surface area contributed by atoms with Crippen molar-refractivity contribution in [1.82, 2.24) is 14.5 Å². The first-order chi connectivity index (χ1) is 11.8. The number of thiophene rings is 1. The maximum absolute atomic E-state index is 12.3. The number of nitrogens with one attached hydrogen (secondary N) is 1. The van der Waals surface area contributed by atoms with Crippen LogP contribution in [0, 0.1) is 0 Å². The zero-order valence-electron chi connectivity index (χ0n) is 12.9. The Morgan fingerprint density at radius 1 is 1.25 bits per heavy atom. The number of rotatable bonds is 4. The average molecular weight is 354 g/mol. The number of aromatic nitrogens is 3. The first-order valence-electron chi connectivity index (χ1n) is 7.52. The van der Waals surface area contributed by atoms with E-state index in [0.717, 1.165) is 28.3 Å². The summed E-state index contributed by atoms with van der Waals surface area (Å²) in [4.78, 5) is 22.8. The lowest BCUT2D eigenvalue weighted by Gasteiger charge is -2.03. The first-order valence-corrected chi connectivity index (χ1v) is 9.22. The highest BCUT2D eigenvalue weighted by atomic mass is 32.1. The van der Waals surface area contributed by atoms with E-state index < -0.39 is 0 Å². The summed E-state index contributed by atoms with van der Waals surface area (Å²) in [6, 6.07) is 11.9. The third-order valence-electron chi connectivity index (χ3n) is 3.67. The van der Waals surface area contributed by atoms with Crippen molar-refractivity contribution in [3.63, 3.8) is 0 Å². The van der Waals surface area contributed by atoms with Gasteiger partial charge in [-0.1, -0.05) is 12.1 Å². The van der Waals surface area contributed by atoms with Crippen LogP contribution in [0.1, 0.15) is 16.6 Å². The number of anilines is 1. The predicted molar refractivity (Wildman–Crippen MR) is 98.8 cm³/mol. The Bertz CT molecular complexity index is 1000. The van der Waals surface area contributed by atoms with E-state index in [0.29, 0.717) is 10.0 Å². The fourth-order valence-electron chi connectivity index (χ4n) is 2.61. The van der Waals surface area contributed by atoms with E-state index in [-0.39, 0.29) is 5.91 Å². The van der Waals surface area contributed by atoms with Gasteiger partial charge in [0.1, 0.15) is 0 Å². The summed E-state index contributed by atoms with van der Waals surface area (Å²) in [5.74, 6) is 0.761. The number of fused-ring (bicyclic) bond motifs is 1. The van der Waals surface area contributed by atoms with Crippen molar-refractivity contribution in [3.05, 3.63) is 52.9 Å². The van der Waals surface area contributed by atoms with Crippen LogP contribution < -0.4 is 5.32 Å². The lowest BCUT2D eigenvalue weighted by Crippen LogP contribution is -2.09. The molecule has 4 rings (SSSR count). The van der Waals surface area contributed by atoms with Crippen molar-refractivity contribution in [2.45, 2.75) is 13.5 Å². The largest absolute Gasteiger partial charge is 0.324 e. The molecule has 0 aliphatic heterocycles. The molecule has 0 aliphatic carbocycles. The molecule has 0 spiro atoms. The summed E-state index contributed by atoms with van der Waals surface area (Å²) in [6.45, 7) is 2.93. The number of thiazole rings is 1. The number of aryl methyl sites for hydroxylation is 1. The second kappa shape index (κ2) is 6.18. The van der Waals surface area contributed by atoms with Gasteiger partial charge in [-0.05, 0) is 31.2 Å². The number of para-hydroxylation sites is 2. The van der Waals surface area contributed by atoms with Crippen LogP contribution in [-0.2, 0) is 6.54 Å². The Balaban J connectivity index is 1.69. The van der Waals surface area contributed by atoms with Gasteiger partial charge in [0.05, 0.1) is 20.8 Å². The highest BCUT2D eigenvalue weighted by Gasteiger charge is 2.16. The van der Waals surface area contributed by atoms with E-state index in [2.05, 4.69) is 27.9 Å². The van der Waals surface area contributed by atoms with E-state index in [1.165, 1.54) is 22.7 Å². The summed E-state index contributed by atoms with van der Waals surface area (Å²) in [6.07, 6.45) is 1.67. The van der Waals surface area contributed by atoms with Gasteiger partial charge in [0.15, 0.2) is 11.0 Å². The Kier molecular flexibility index (Phi) is 3.87. The van der Waals surface area contributed by atoms with E-state index in [4.69, 9.17) is 4.98 Å². The molecule has 0 saturated carbocycles. The van der Waals surface area contributed by atoms with Crippen LogP contribution in [-0.4, -0.2) is 20.4 Å². The molecule has 0 atom stereocenters. The molecule has 0 unspecified atom stereocenters. The average Bonchev–Trinajstić information content (AvgIpc) is 3.33. The molecule has 120 valence electrons. The maximum Gasteiger partial charge on any atom is 0.267 e. The molecule has 0 radical (unpaired) electrons. The van der Waals surface area contributed by atoms with E-state index in [1.807, 2.05) is 35.7 Å². The van der Waals surface area contributed by atoms with Crippen LogP contribution in [0.3, 0.4) is 0 Å². The molecule has 3 aromatic heterocycles. The van der Waals surface area contributed by atoms with Gasteiger partial charge in [-0.3, -0.25) is 10.1 Å². The summed E-state index contributed by atoms with van der Waals surface area (Å²) in [5.41, 5.74) is 2.08. The van der Waals surface area contributed by atoms with Crippen LogP contribution in [0.25, 0.3) is 21.7 Å². The molecule has 1 amide bonds. The molecule has 1 N–H and O–H groups in total. The summed E-state index contributed by atoms with van der Waals surface area (Å²) >= 11 is 2.85. The van der Waals surface area contributed by atoms with Crippen molar-refractivity contribution in [2.75, 3.05) is 5.32 Å². The zero-order chi connectivity index (χ0) is 16.5. The van der Waals surface area contributed by atoms with Gasteiger partial charge in [0.2, 0.25) is 0 Å². The number of nitrogens with zero attached hydrogens (tertiary/aromatic N) is 3. The quantitative estimate of drug-likeness (QED) is 0.587. The van der Waals surface area contributed by atoms with E-state index in [1.54, 1.807) is 6.20 Å². The minimum atomic E-state index is -0.139. The SMILES string of the molecule is CCn1c(-c2ccc(C(=O)Nc3nccs3)s2)nc2ccccc21. The molecular formula is C17H14N4OS2. The van der Waals surface area contributed by atoms with E-state index >= 15 is 0 Å². The minimum Gasteiger partial charge on any atom is -0.324 e. The summed E-state index contributed by atoms with van der Waals surface area (Å²) < 4.78 is 2.17. The third-order valence-corrected chi connectivity index (χ3v) is 5.44. The molecule has 7 heteroatoms. The highest BCUT2D eigenvalue weighted by Crippen LogP contribution is 2.31. The Labute approximate surface area is 146 Å². The van der Waals surface area contributed by atoms with Crippen molar-refractivity contribution < 1.29 is 4.79 Å². The predicted octanol–water partition coefficient (Wildman–Crippen LogP) is 4.49. The van der Waals surface area contributed by atoms with Gasteiger partial charge in [-0.15, -0.1) is 22.7 Å². The lowest BCUT2D eigenvalue weighted by atomic mass is 10.3. The van der Waals surface area contributed by atoms with Crippen LogP contribution in [0.5, 0.6) is 0 Å². The number of carbonyl (C=O) groups is 1. The standard InChI is InChI=1S/C17H14N4OS2/c1-2-21-12-6-4-3-5-11(12)19-15(21)13-7-8-14(24-13)16(22)20-17-18-9-10-23-17/h3-10H,2H2,1H3,(H,18,20,22). The fraction of sp³-hybridized carbons (Fsp3) is 0.118. The molecule has 4 aromatic rings. The third kappa shape index (κ3) is 2.61. The van der Waals surface area contributed by atoms with Crippen molar-refractivity contribution in [2.24, 2.45) is 0 Å². The van der Waals surface area contributed by atoms with Crippen LogP contribution in [0.2, 0.25) is 0 Å². The molecule has 5 nitrogen and oxygen atoms in total. The Morgan fingerprint density at radius 3 is 2.92 bits per heavy atom. The Hall–Kier alpha value is -2.51. The van der Waals surface area contributed by atoms with Gasteiger partial charge in [-0.2, -0.15) is 0 Å². The van der Waals surface area contributed by atoms with Crippen molar-refractivity contribution in [1.29, 1.82) is 0 Å². The fourth-order valence-corrected chi connectivity index (χ4v) is 4.03. The Morgan fingerprint density at radius 2 is 2.12 bits per heavy atom. The lowest BCUT2D eigenvalue weighted by molar-refractivity contribution is 0.103. The molecule has 1 aromatic carbocycles. The van der Waals surface area contributed by atoms with Gasteiger partial charge >= 0.3 is 0 Å². The number of amides is 1. The zero-order valence-corrected chi connectivity index (χ0v) is 14.5. The molecule has 3 heterocycles. The van der Waals surface area contributed by atoms with Crippen molar-refractivity contribution >= 4 is 44.7 Å². The van der Waals surface area contributed by atoms with Gasteiger partial charge in [0.25, 0.3) is 5.91 Å². The first kappa shape index (κ1) is 15.0. The molecule has 0 bridgehead atoms. The second-order valence-electron chi connectivity index (χ2n) is 5.12. The molecule has 0 saturated heterocycles. The monoisotopic (exact) mass is 354 g/mol. The second-order valence-corrected chi connectivity index (χ2v) is 7.10. The van der Waals surface area contributed by atoms with Gasteiger partial charge in [-0.25, -0.2) is 9.97 Å². The van der Waals surface area contributed by atoms with Crippen LogP contribution in [0.15, 0.2) is 48.0 Å². The minimum absolute atomic E-state index is 0.139. The number of imidazole rings is 1. The molecule has 0 aliphatic rings. The topological polar surface area (TPSA) is 59.8 Å². The molecular weight excluding hydrogens is 340 g/mol. The van der Waals surface area contributed by atoms with Gasteiger partial charge in [0, 0.05) is 18.1 Å². The summed E-state index contributed by atoms with van der Waals surface area (Å²) in [7, 11) is 0. The van der Waals surface area contributed by atoms with Gasteiger partial charge < -0.3 is 4.57 Å². The van der Waals surface area contributed by atoms with Crippen LogP contribution in [0.4, 0.5) is 5.13 Å². The summed E-state index contributed by atoms with van der Waals surface area (Å²) in [5, 5.41) is 5.25. The number of hydrogen-bond acceptors (Lipinski definition) is 5. The van der Waals surface area contributed by atoms with E-state index in [9.17, 15) is 4.79 Å². The maximum atomic E-state index is 12.3. The normalized spacial score (nSPS) is 11.0. The number of benzene rings is 1. The highest BCUT2D eigenvalue weighted by molar-refractivity contribution is 7.17. The number of hydrogen-bond donors (Lipinski definition) is 1. The smallest absolute Gasteiger partial charge is 0.267 e. The molecule has 0 fully saturated rings. The van der Waals surface area contributed by atoms with Crippen LogP contribution >= 0.6 is 22.7 Å². The van der Waals surface area contributed by atoms with Crippen molar-refractivity contribution in [3.8, 4) is 10.7 Å².